The third-order valence-corrected chi connectivity index (χ3v) is 2.76. The Kier molecular flexibility index (Phi) is 3.94. The Morgan fingerprint density at radius 1 is 1.29 bits per heavy atom. The van der Waals surface area contributed by atoms with E-state index < -0.39 is 0 Å². The zero-order valence-corrected chi connectivity index (χ0v) is 10.1. The molecule has 2 rings (SSSR count). The molecule has 0 spiro atoms. The van der Waals surface area contributed by atoms with Crippen molar-refractivity contribution in [2.24, 2.45) is 5.73 Å². The molecule has 0 saturated heterocycles. The van der Waals surface area contributed by atoms with Gasteiger partial charge in [-0.3, -0.25) is 4.98 Å². The lowest BCUT2D eigenvalue weighted by atomic mass is 10.1. The fraction of sp³-hybridized carbons (Fsp3) is 0.357. The van der Waals surface area contributed by atoms with E-state index in [1.165, 1.54) is 0 Å². The van der Waals surface area contributed by atoms with Gasteiger partial charge in [0.05, 0.1) is 12.1 Å². The topological polar surface area (TPSA) is 48.1 Å². The van der Waals surface area contributed by atoms with Gasteiger partial charge in [0.15, 0.2) is 0 Å². The van der Waals surface area contributed by atoms with Gasteiger partial charge in [0.2, 0.25) is 0 Å². The maximum Gasteiger partial charge on any atom is 0.134 e. The Morgan fingerprint density at radius 2 is 2.12 bits per heavy atom. The number of aromatic nitrogens is 1. The Balaban J connectivity index is 2.40. The Hall–Kier alpha value is -1.61. The Morgan fingerprint density at radius 3 is 2.88 bits per heavy atom. The van der Waals surface area contributed by atoms with E-state index in [1.54, 1.807) is 0 Å². The number of ether oxygens (including phenoxy) is 1. The number of unbranched alkanes of at least 4 members (excludes halogenated alkanes) is 1. The van der Waals surface area contributed by atoms with Gasteiger partial charge in [0.25, 0.3) is 0 Å². The summed E-state index contributed by atoms with van der Waals surface area (Å²) in [7, 11) is 0. The molecular weight excluding hydrogens is 212 g/mol. The Bertz CT molecular complexity index is 497. The summed E-state index contributed by atoms with van der Waals surface area (Å²) in [5, 5.41) is 1.05. The van der Waals surface area contributed by atoms with Crippen LogP contribution in [0, 0.1) is 0 Å². The van der Waals surface area contributed by atoms with Crippen LogP contribution in [-0.2, 0) is 6.54 Å². The molecule has 0 atom stereocenters. The quantitative estimate of drug-likeness (QED) is 0.803. The van der Waals surface area contributed by atoms with Crippen LogP contribution in [0.25, 0.3) is 10.9 Å². The summed E-state index contributed by atoms with van der Waals surface area (Å²) in [5.74, 6) is 0.895. The van der Waals surface area contributed by atoms with Crippen molar-refractivity contribution < 1.29 is 4.74 Å². The highest BCUT2D eigenvalue weighted by atomic mass is 16.5. The predicted molar refractivity (Wildman–Crippen MR) is 70.0 cm³/mol. The van der Waals surface area contributed by atoms with E-state index in [9.17, 15) is 0 Å². The molecule has 90 valence electrons. The second-order valence-electron chi connectivity index (χ2n) is 4.04. The molecule has 3 nitrogen and oxygen atoms in total. The van der Waals surface area contributed by atoms with E-state index in [2.05, 4.69) is 11.9 Å². The standard InChI is InChI=1S/C14H18N2O/c1-2-3-8-17-14-11(9-15)10-16-13-7-5-4-6-12(13)14/h4-7,10H,2-3,8-9,15H2,1H3. The highest BCUT2D eigenvalue weighted by Crippen LogP contribution is 2.28. The first kappa shape index (κ1) is 11.9. The second kappa shape index (κ2) is 5.64. The van der Waals surface area contributed by atoms with Gasteiger partial charge in [-0.05, 0) is 18.6 Å². The van der Waals surface area contributed by atoms with Crippen LogP contribution in [-0.4, -0.2) is 11.6 Å². The molecule has 0 unspecified atom stereocenters. The third kappa shape index (κ3) is 2.56. The van der Waals surface area contributed by atoms with Crippen molar-refractivity contribution in [1.29, 1.82) is 0 Å². The van der Waals surface area contributed by atoms with Crippen molar-refractivity contribution in [2.75, 3.05) is 6.61 Å². The van der Waals surface area contributed by atoms with Crippen molar-refractivity contribution in [3.8, 4) is 5.75 Å². The maximum atomic E-state index is 5.86. The van der Waals surface area contributed by atoms with E-state index in [-0.39, 0.29) is 0 Å². The van der Waals surface area contributed by atoms with Crippen molar-refractivity contribution in [2.45, 2.75) is 26.3 Å². The molecule has 1 aromatic carbocycles. The molecule has 1 heterocycles. The van der Waals surface area contributed by atoms with Crippen LogP contribution in [0.1, 0.15) is 25.3 Å². The number of fused-ring (bicyclic) bond motifs is 1. The van der Waals surface area contributed by atoms with E-state index in [0.717, 1.165) is 41.7 Å². The average Bonchev–Trinajstić information content (AvgIpc) is 2.39. The fourth-order valence-corrected chi connectivity index (χ4v) is 1.79. The van der Waals surface area contributed by atoms with E-state index in [1.807, 2.05) is 30.5 Å². The molecule has 0 aliphatic heterocycles. The monoisotopic (exact) mass is 230 g/mol. The van der Waals surface area contributed by atoms with Crippen LogP contribution >= 0.6 is 0 Å². The largest absolute Gasteiger partial charge is 0.492 e. The minimum absolute atomic E-state index is 0.458. The minimum Gasteiger partial charge on any atom is -0.492 e. The van der Waals surface area contributed by atoms with Crippen molar-refractivity contribution in [1.82, 2.24) is 4.98 Å². The summed E-state index contributed by atoms with van der Waals surface area (Å²) >= 11 is 0. The van der Waals surface area contributed by atoms with E-state index >= 15 is 0 Å². The minimum atomic E-state index is 0.458. The molecule has 0 saturated carbocycles. The summed E-state index contributed by atoms with van der Waals surface area (Å²) in [6, 6.07) is 8.00. The van der Waals surface area contributed by atoms with Crippen molar-refractivity contribution >= 4 is 10.9 Å². The van der Waals surface area contributed by atoms with Gasteiger partial charge in [-0.25, -0.2) is 0 Å². The van der Waals surface area contributed by atoms with Crippen LogP contribution in [0.4, 0.5) is 0 Å². The third-order valence-electron chi connectivity index (χ3n) is 2.76. The summed E-state index contributed by atoms with van der Waals surface area (Å²) in [6.07, 6.45) is 3.99. The maximum absolute atomic E-state index is 5.86. The molecule has 0 aliphatic rings. The number of nitrogens with two attached hydrogens (primary N) is 1. The van der Waals surface area contributed by atoms with Gasteiger partial charge in [0, 0.05) is 23.7 Å². The molecule has 0 amide bonds. The first-order valence-electron chi connectivity index (χ1n) is 6.06. The molecule has 0 aliphatic carbocycles. The van der Waals surface area contributed by atoms with Gasteiger partial charge in [-0.1, -0.05) is 25.5 Å². The number of rotatable bonds is 5. The number of para-hydroxylation sites is 1. The van der Waals surface area contributed by atoms with E-state index in [0.29, 0.717) is 6.54 Å². The lowest BCUT2D eigenvalue weighted by Crippen LogP contribution is -2.05. The van der Waals surface area contributed by atoms with Crippen LogP contribution in [0.2, 0.25) is 0 Å². The number of hydrogen-bond acceptors (Lipinski definition) is 3. The van der Waals surface area contributed by atoms with Crippen molar-refractivity contribution in [3.63, 3.8) is 0 Å². The molecule has 3 heteroatoms. The molecule has 2 aromatic rings. The zero-order valence-electron chi connectivity index (χ0n) is 10.1. The molecule has 17 heavy (non-hydrogen) atoms. The summed E-state index contributed by atoms with van der Waals surface area (Å²) < 4.78 is 5.86. The van der Waals surface area contributed by atoms with Crippen molar-refractivity contribution in [3.05, 3.63) is 36.0 Å². The fourth-order valence-electron chi connectivity index (χ4n) is 1.79. The number of benzene rings is 1. The molecule has 2 N–H and O–H groups in total. The van der Waals surface area contributed by atoms with Crippen LogP contribution in [0.5, 0.6) is 5.75 Å². The first-order chi connectivity index (χ1) is 8.36. The Labute approximate surface area is 102 Å². The summed E-state index contributed by atoms with van der Waals surface area (Å²) in [6.45, 7) is 3.34. The molecule has 0 radical (unpaired) electrons. The summed E-state index contributed by atoms with van der Waals surface area (Å²) in [5.41, 5.74) is 7.65. The van der Waals surface area contributed by atoms with Gasteiger partial charge < -0.3 is 10.5 Å². The lowest BCUT2D eigenvalue weighted by molar-refractivity contribution is 0.310. The summed E-state index contributed by atoms with van der Waals surface area (Å²) in [4.78, 5) is 4.38. The van der Waals surface area contributed by atoms with Crippen LogP contribution in [0.3, 0.4) is 0 Å². The van der Waals surface area contributed by atoms with Crippen LogP contribution < -0.4 is 10.5 Å². The second-order valence-corrected chi connectivity index (χ2v) is 4.04. The normalized spacial score (nSPS) is 10.7. The highest BCUT2D eigenvalue weighted by Gasteiger charge is 2.08. The zero-order chi connectivity index (χ0) is 12.1. The van der Waals surface area contributed by atoms with Gasteiger partial charge in [0.1, 0.15) is 5.75 Å². The first-order valence-corrected chi connectivity index (χ1v) is 6.06. The number of pyridine rings is 1. The smallest absolute Gasteiger partial charge is 0.134 e. The molecule has 1 aromatic heterocycles. The average molecular weight is 230 g/mol. The van der Waals surface area contributed by atoms with Crippen LogP contribution in [0.15, 0.2) is 30.5 Å². The molecule has 0 fully saturated rings. The SMILES string of the molecule is CCCCOc1c(CN)cnc2ccccc12. The predicted octanol–water partition coefficient (Wildman–Crippen LogP) is 2.87. The highest BCUT2D eigenvalue weighted by molar-refractivity contribution is 5.86. The molecular formula is C14H18N2O. The number of hydrogen-bond donors (Lipinski definition) is 1. The van der Waals surface area contributed by atoms with Gasteiger partial charge >= 0.3 is 0 Å². The van der Waals surface area contributed by atoms with Gasteiger partial charge in [-0.15, -0.1) is 0 Å². The van der Waals surface area contributed by atoms with Gasteiger partial charge in [-0.2, -0.15) is 0 Å². The van der Waals surface area contributed by atoms with E-state index in [4.69, 9.17) is 10.5 Å². The number of nitrogens with zero attached hydrogens (tertiary/aromatic N) is 1. The molecule has 0 bridgehead atoms. The lowest BCUT2D eigenvalue weighted by Gasteiger charge is -2.12.